The quantitative estimate of drug-likeness (QED) is 0.317. The number of nitriles is 1. The van der Waals surface area contributed by atoms with E-state index in [2.05, 4.69) is 10.3 Å². The number of nitrogens with one attached hydrogen (secondary N) is 1. The van der Waals surface area contributed by atoms with Crippen LogP contribution in [0.3, 0.4) is 0 Å². The highest BCUT2D eigenvalue weighted by molar-refractivity contribution is 6.34. The first kappa shape index (κ1) is 34.8. The fraction of sp³-hybridized carbons (Fsp3) is 0.355. The summed E-state index contributed by atoms with van der Waals surface area (Å²) >= 11 is 6.45. The lowest BCUT2D eigenvalue weighted by Crippen LogP contribution is -2.44. The van der Waals surface area contributed by atoms with Crippen molar-refractivity contribution in [2.24, 2.45) is 18.7 Å². The maximum Gasteiger partial charge on any atom is 0.291 e. The number of carbonyl (C=O) groups is 4. The fourth-order valence-electron chi connectivity index (χ4n) is 5.52. The van der Waals surface area contributed by atoms with Gasteiger partial charge in [0.1, 0.15) is 6.07 Å². The second-order valence-corrected chi connectivity index (χ2v) is 11.3. The number of imidazole rings is 1. The average Bonchev–Trinajstić information content (AvgIpc) is 3.67. The number of anilines is 1. The lowest BCUT2D eigenvalue weighted by Gasteiger charge is -2.33. The Morgan fingerprint density at radius 2 is 1.83 bits per heavy atom. The van der Waals surface area contributed by atoms with Crippen molar-refractivity contribution < 1.29 is 37.8 Å². The van der Waals surface area contributed by atoms with Gasteiger partial charge in [-0.1, -0.05) is 11.6 Å². The summed E-state index contributed by atoms with van der Waals surface area (Å²) in [6.45, 7) is 1.40. The van der Waals surface area contributed by atoms with Crippen LogP contribution in [0.5, 0.6) is 5.75 Å². The number of hydrogen-bond donors (Lipinski definition) is 3. The molecule has 3 heterocycles. The molecule has 4 N–H and O–H groups in total. The molecule has 0 saturated carbocycles. The molecular weight excluding hydrogens is 640 g/mol. The number of piperidine rings is 1. The standard InChI is InChI=1S/C30H30ClF2N7O4.CH2O2/c1-38-23(21-4-5-24(44-13-9-34)26(33)25(21)32)15-36-27(38)28(41)37-19-2-3-20(22(31)14-19)30(43)39-10-6-17(7-11-39)29(42)40-12-8-18(35)16-40;2-1-3/h2-5,14-15,17-18H,6-8,10-13,16,35H2,1H3,(H,37,41);1H,(H,2,3)/t18-;/m1./s1. The van der Waals surface area contributed by atoms with Crippen LogP contribution in [0.1, 0.15) is 40.2 Å². The number of nitrogens with zero attached hydrogens (tertiary/aromatic N) is 5. The van der Waals surface area contributed by atoms with E-state index < -0.39 is 29.9 Å². The molecule has 248 valence electrons. The summed E-state index contributed by atoms with van der Waals surface area (Å²) < 4.78 is 35.4. The van der Waals surface area contributed by atoms with Crippen LogP contribution >= 0.6 is 11.6 Å². The van der Waals surface area contributed by atoms with Crippen molar-refractivity contribution in [2.45, 2.75) is 25.3 Å². The van der Waals surface area contributed by atoms with Gasteiger partial charge in [-0.05, 0) is 49.6 Å². The zero-order valence-electron chi connectivity index (χ0n) is 25.3. The lowest BCUT2D eigenvalue weighted by atomic mass is 9.95. The second-order valence-electron chi connectivity index (χ2n) is 10.9. The average molecular weight is 672 g/mol. The molecule has 2 saturated heterocycles. The van der Waals surface area contributed by atoms with Crippen molar-refractivity contribution in [3.05, 3.63) is 64.6 Å². The molecule has 1 atom stereocenters. The Hall–Kier alpha value is -5.07. The zero-order valence-corrected chi connectivity index (χ0v) is 26.0. The lowest BCUT2D eigenvalue weighted by molar-refractivity contribution is -0.135. The number of ether oxygens (including phenoxy) is 1. The Bertz CT molecular complexity index is 1700. The van der Waals surface area contributed by atoms with Crippen LogP contribution in [0.2, 0.25) is 5.02 Å². The molecule has 0 aliphatic carbocycles. The first-order valence-electron chi connectivity index (χ1n) is 14.5. The first-order valence-corrected chi connectivity index (χ1v) is 14.9. The highest BCUT2D eigenvalue weighted by Gasteiger charge is 2.33. The number of rotatable bonds is 7. The van der Waals surface area contributed by atoms with E-state index in [9.17, 15) is 23.2 Å². The smallest absolute Gasteiger partial charge is 0.291 e. The predicted molar refractivity (Wildman–Crippen MR) is 166 cm³/mol. The first-order chi connectivity index (χ1) is 22.5. The summed E-state index contributed by atoms with van der Waals surface area (Å²) in [4.78, 5) is 54.9. The third-order valence-corrected chi connectivity index (χ3v) is 8.24. The van der Waals surface area contributed by atoms with E-state index in [-0.39, 0.29) is 57.9 Å². The van der Waals surface area contributed by atoms with Gasteiger partial charge >= 0.3 is 0 Å². The summed E-state index contributed by atoms with van der Waals surface area (Å²) in [6, 6.07) is 8.65. The van der Waals surface area contributed by atoms with Crippen molar-refractivity contribution in [1.29, 1.82) is 5.26 Å². The minimum absolute atomic E-state index is 0.0213. The largest absolute Gasteiger partial charge is 0.483 e. The molecule has 3 aromatic rings. The summed E-state index contributed by atoms with van der Waals surface area (Å²) in [5, 5.41) is 18.3. The Balaban J connectivity index is 0.00000160. The number of benzene rings is 2. The molecule has 0 spiro atoms. The van der Waals surface area contributed by atoms with Crippen LogP contribution in [0.15, 0.2) is 36.5 Å². The zero-order chi connectivity index (χ0) is 34.2. The number of likely N-dealkylation sites (tertiary alicyclic amines) is 2. The molecule has 2 fully saturated rings. The van der Waals surface area contributed by atoms with Gasteiger partial charge in [0.15, 0.2) is 24.0 Å². The molecule has 2 aromatic carbocycles. The van der Waals surface area contributed by atoms with Crippen LogP contribution < -0.4 is 15.8 Å². The van der Waals surface area contributed by atoms with Crippen LogP contribution in [0.25, 0.3) is 11.3 Å². The monoisotopic (exact) mass is 671 g/mol. The van der Waals surface area contributed by atoms with Gasteiger partial charge in [0, 0.05) is 56.4 Å². The number of carboxylic acid groups (broad SMARTS) is 1. The number of carbonyl (C=O) groups excluding carboxylic acids is 3. The molecule has 1 aromatic heterocycles. The molecule has 0 bridgehead atoms. The maximum atomic E-state index is 14.8. The SMILES string of the molecule is Cn1c(-c2ccc(OCC#N)c(F)c2F)cnc1C(=O)Nc1ccc(C(=O)N2CCC(C(=O)N3CC[C@@H](N)C3)CC2)c(Cl)c1.O=CO. The second kappa shape index (κ2) is 15.5. The van der Waals surface area contributed by atoms with E-state index in [1.165, 1.54) is 48.1 Å². The Morgan fingerprint density at radius 3 is 2.45 bits per heavy atom. The molecular formula is C31H32ClF2N7O6. The number of aromatic nitrogens is 2. The molecule has 2 aliphatic heterocycles. The van der Waals surface area contributed by atoms with E-state index >= 15 is 0 Å². The Kier molecular flexibility index (Phi) is 11.5. The van der Waals surface area contributed by atoms with Crippen molar-refractivity contribution in [3.63, 3.8) is 0 Å². The molecule has 16 heteroatoms. The van der Waals surface area contributed by atoms with Gasteiger partial charge in [-0.2, -0.15) is 9.65 Å². The number of nitrogens with two attached hydrogens (primary N) is 1. The van der Waals surface area contributed by atoms with Crippen LogP contribution in [0, 0.1) is 28.9 Å². The fourth-order valence-corrected chi connectivity index (χ4v) is 5.78. The maximum absolute atomic E-state index is 14.8. The van der Waals surface area contributed by atoms with Crippen molar-refractivity contribution >= 4 is 41.5 Å². The van der Waals surface area contributed by atoms with Gasteiger partial charge in [0.2, 0.25) is 11.7 Å². The molecule has 5 rings (SSSR count). The van der Waals surface area contributed by atoms with Gasteiger partial charge in [-0.25, -0.2) is 9.37 Å². The van der Waals surface area contributed by atoms with Crippen LogP contribution in [-0.2, 0) is 16.6 Å². The third kappa shape index (κ3) is 7.84. The summed E-state index contributed by atoms with van der Waals surface area (Å²) in [7, 11) is 1.47. The number of hydrogen-bond acceptors (Lipinski definition) is 8. The van der Waals surface area contributed by atoms with E-state index in [0.29, 0.717) is 44.7 Å². The molecule has 13 nitrogen and oxygen atoms in total. The normalized spacial score (nSPS) is 16.1. The van der Waals surface area contributed by atoms with Crippen molar-refractivity contribution in [3.8, 4) is 23.1 Å². The van der Waals surface area contributed by atoms with Crippen molar-refractivity contribution in [2.75, 3.05) is 38.1 Å². The Labute approximate surface area is 273 Å². The third-order valence-electron chi connectivity index (χ3n) is 7.93. The highest BCUT2D eigenvalue weighted by atomic mass is 35.5. The van der Waals surface area contributed by atoms with E-state index in [0.717, 1.165) is 6.42 Å². The van der Waals surface area contributed by atoms with Gasteiger partial charge in [-0.15, -0.1) is 0 Å². The topological polar surface area (TPSA) is 184 Å². The van der Waals surface area contributed by atoms with Gasteiger partial charge in [0.05, 0.1) is 22.5 Å². The highest BCUT2D eigenvalue weighted by Crippen LogP contribution is 2.31. The molecule has 0 radical (unpaired) electrons. The van der Waals surface area contributed by atoms with Gasteiger partial charge in [-0.3, -0.25) is 19.2 Å². The van der Waals surface area contributed by atoms with Gasteiger partial charge < -0.3 is 35.3 Å². The minimum atomic E-state index is -1.26. The molecule has 47 heavy (non-hydrogen) atoms. The molecule has 3 amide bonds. The summed E-state index contributed by atoms with van der Waals surface area (Å²) in [5.41, 5.74) is 6.47. The molecule has 2 aliphatic rings. The molecule has 0 unspecified atom stereocenters. The van der Waals surface area contributed by atoms with Gasteiger partial charge in [0.25, 0.3) is 18.3 Å². The van der Waals surface area contributed by atoms with Crippen molar-refractivity contribution in [1.82, 2.24) is 19.4 Å². The summed E-state index contributed by atoms with van der Waals surface area (Å²) in [6.07, 6.45) is 3.15. The Morgan fingerprint density at radius 1 is 1.15 bits per heavy atom. The number of halogens is 3. The van der Waals surface area contributed by atoms with E-state index in [1.54, 1.807) is 11.0 Å². The van der Waals surface area contributed by atoms with E-state index in [1.807, 2.05) is 4.90 Å². The summed E-state index contributed by atoms with van der Waals surface area (Å²) in [5.74, 6) is -3.93. The van der Waals surface area contributed by atoms with E-state index in [4.69, 9.17) is 37.2 Å². The minimum Gasteiger partial charge on any atom is -0.483 e. The van der Waals surface area contributed by atoms with Crippen LogP contribution in [-0.4, -0.2) is 87.5 Å². The predicted octanol–water partition coefficient (Wildman–Crippen LogP) is 3.29. The number of amides is 3. The van der Waals surface area contributed by atoms with Crippen LogP contribution in [0.4, 0.5) is 14.5 Å².